The van der Waals surface area contributed by atoms with Crippen LogP contribution in [0, 0.1) is 6.92 Å². The predicted molar refractivity (Wildman–Crippen MR) is 99.4 cm³/mol. The van der Waals surface area contributed by atoms with Crippen LogP contribution in [-0.2, 0) is 4.74 Å². The normalized spacial score (nSPS) is 17.1. The minimum Gasteiger partial charge on any atom is -0.496 e. The highest BCUT2D eigenvalue weighted by molar-refractivity contribution is 5.80. The zero-order valence-electron chi connectivity index (χ0n) is 14.7. The fraction of sp³-hybridized carbons (Fsp3) is 0.350. The van der Waals surface area contributed by atoms with Crippen LogP contribution in [0.4, 0.5) is 5.82 Å². The SMILES string of the molecule is COc1ccccc1-c1nc2ccc(C)cn2c1NC[C@@H]1CCCO1. The Morgan fingerprint density at radius 1 is 1.28 bits per heavy atom. The van der Waals surface area contributed by atoms with Gasteiger partial charge in [-0.2, -0.15) is 0 Å². The Labute approximate surface area is 147 Å². The van der Waals surface area contributed by atoms with Crippen LogP contribution in [0.2, 0.25) is 0 Å². The number of hydrogen-bond acceptors (Lipinski definition) is 4. The number of benzene rings is 1. The van der Waals surface area contributed by atoms with Crippen molar-refractivity contribution in [3.8, 4) is 17.0 Å². The average molecular weight is 337 g/mol. The first-order valence-corrected chi connectivity index (χ1v) is 8.74. The lowest BCUT2D eigenvalue weighted by Crippen LogP contribution is -2.19. The molecule has 1 atom stereocenters. The number of nitrogens with one attached hydrogen (secondary N) is 1. The summed E-state index contributed by atoms with van der Waals surface area (Å²) >= 11 is 0. The predicted octanol–water partition coefficient (Wildman–Crippen LogP) is 3.91. The lowest BCUT2D eigenvalue weighted by molar-refractivity contribution is 0.120. The molecule has 1 aromatic carbocycles. The molecular formula is C20H23N3O2. The molecular weight excluding hydrogens is 314 g/mol. The van der Waals surface area contributed by atoms with Gasteiger partial charge in [0.2, 0.25) is 0 Å². The van der Waals surface area contributed by atoms with Crippen LogP contribution in [-0.4, -0.2) is 35.8 Å². The summed E-state index contributed by atoms with van der Waals surface area (Å²) in [5.74, 6) is 1.81. The largest absolute Gasteiger partial charge is 0.496 e. The molecule has 1 fully saturated rings. The third kappa shape index (κ3) is 3.07. The zero-order valence-corrected chi connectivity index (χ0v) is 14.7. The molecule has 1 N–H and O–H groups in total. The molecule has 0 amide bonds. The Hall–Kier alpha value is -2.53. The molecule has 0 saturated carbocycles. The Morgan fingerprint density at radius 3 is 2.96 bits per heavy atom. The lowest BCUT2D eigenvalue weighted by Gasteiger charge is -2.14. The quantitative estimate of drug-likeness (QED) is 0.767. The summed E-state index contributed by atoms with van der Waals surface area (Å²) in [5.41, 5.74) is 4.00. The topological polar surface area (TPSA) is 47.8 Å². The fourth-order valence-corrected chi connectivity index (χ4v) is 3.36. The van der Waals surface area contributed by atoms with E-state index in [9.17, 15) is 0 Å². The van der Waals surface area contributed by atoms with Crippen LogP contribution in [0.1, 0.15) is 18.4 Å². The van der Waals surface area contributed by atoms with Gasteiger partial charge >= 0.3 is 0 Å². The van der Waals surface area contributed by atoms with E-state index in [0.29, 0.717) is 0 Å². The van der Waals surface area contributed by atoms with E-state index >= 15 is 0 Å². The Bertz CT molecular complexity index is 882. The van der Waals surface area contributed by atoms with E-state index in [0.717, 1.165) is 54.5 Å². The first-order valence-electron chi connectivity index (χ1n) is 8.74. The average Bonchev–Trinajstić information content (AvgIpc) is 3.27. The van der Waals surface area contributed by atoms with Crippen molar-refractivity contribution in [3.63, 3.8) is 0 Å². The van der Waals surface area contributed by atoms with Crippen molar-refractivity contribution in [1.82, 2.24) is 9.38 Å². The molecule has 4 rings (SSSR count). The van der Waals surface area contributed by atoms with Gasteiger partial charge in [-0.15, -0.1) is 0 Å². The molecule has 130 valence electrons. The fourth-order valence-electron chi connectivity index (χ4n) is 3.36. The molecule has 2 aromatic heterocycles. The number of imidazole rings is 1. The van der Waals surface area contributed by atoms with Gasteiger partial charge in [-0.1, -0.05) is 18.2 Å². The van der Waals surface area contributed by atoms with Crippen molar-refractivity contribution < 1.29 is 9.47 Å². The minimum absolute atomic E-state index is 0.265. The van der Waals surface area contributed by atoms with Crippen molar-refractivity contribution in [2.45, 2.75) is 25.9 Å². The van der Waals surface area contributed by atoms with Crippen LogP contribution in [0.25, 0.3) is 16.9 Å². The van der Waals surface area contributed by atoms with Gasteiger partial charge in [0, 0.05) is 24.9 Å². The van der Waals surface area contributed by atoms with Gasteiger partial charge in [-0.05, 0) is 43.5 Å². The van der Waals surface area contributed by atoms with Gasteiger partial charge < -0.3 is 14.8 Å². The number of anilines is 1. The van der Waals surface area contributed by atoms with Gasteiger partial charge in [0.05, 0.1) is 13.2 Å². The Morgan fingerprint density at radius 2 is 2.16 bits per heavy atom. The van der Waals surface area contributed by atoms with Crippen molar-refractivity contribution in [1.29, 1.82) is 0 Å². The van der Waals surface area contributed by atoms with E-state index in [1.54, 1.807) is 7.11 Å². The zero-order chi connectivity index (χ0) is 17.2. The standard InChI is InChI=1S/C20H23N3O2/c1-14-9-10-18-22-19(16-7-3-4-8-17(16)24-2)20(23(18)13-14)21-12-15-6-5-11-25-15/h3-4,7-10,13,15,21H,5-6,11-12H2,1-2H3/t15-/m0/s1. The molecule has 0 unspecified atom stereocenters. The van der Waals surface area contributed by atoms with Gasteiger partial charge in [-0.25, -0.2) is 4.98 Å². The molecule has 3 aromatic rings. The second-order valence-electron chi connectivity index (χ2n) is 6.46. The lowest BCUT2D eigenvalue weighted by atomic mass is 10.1. The second-order valence-corrected chi connectivity index (χ2v) is 6.46. The molecule has 0 bridgehead atoms. The highest BCUT2D eigenvalue weighted by atomic mass is 16.5. The summed E-state index contributed by atoms with van der Waals surface area (Å²) in [6.45, 7) is 3.73. The number of methoxy groups -OCH3 is 1. The van der Waals surface area contributed by atoms with Crippen molar-refractivity contribution in [2.75, 3.05) is 25.6 Å². The van der Waals surface area contributed by atoms with Crippen LogP contribution in [0.3, 0.4) is 0 Å². The summed E-state index contributed by atoms with van der Waals surface area (Å²) in [6, 6.07) is 12.1. The molecule has 0 radical (unpaired) electrons. The minimum atomic E-state index is 0.265. The maximum atomic E-state index is 5.76. The molecule has 3 heterocycles. The van der Waals surface area contributed by atoms with E-state index in [1.165, 1.54) is 5.56 Å². The molecule has 5 heteroatoms. The number of aromatic nitrogens is 2. The maximum absolute atomic E-state index is 5.76. The van der Waals surface area contributed by atoms with Gasteiger partial charge in [-0.3, -0.25) is 4.40 Å². The number of hydrogen-bond donors (Lipinski definition) is 1. The van der Waals surface area contributed by atoms with Gasteiger partial charge in [0.25, 0.3) is 0 Å². The van der Waals surface area contributed by atoms with Gasteiger partial charge in [0.15, 0.2) is 0 Å². The molecule has 0 aliphatic carbocycles. The number of ether oxygens (including phenoxy) is 2. The van der Waals surface area contributed by atoms with Gasteiger partial charge in [0.1, 0.15) is 22.9 Å². The number of para-hydroxylation sites is 1. The van der Waals surface area contributed by atoms with Crippen LogP contribution < -0.4 is 10.1 Å². The number of nitrogens with zero attached hydrogens (tertiary/aromatic N) is 2. The van der Waals surface area contributed by atoms with E-state index in [-0.39, 0.29) is 6.10 Å². The number of rotatable bonds is 5. The maximum Gasteiger partial charge on any atom is 0.139 e. The van der Waals surface area contributed by atoms with E-state index in [4.69, 9.17) is 14.5 Å². The van der Waals surface area contributed by atoms with Crippen LogP contribution in [0.5, 0.6) is 5.75 Å². The smallest absolute Gasteiger partial charge is 0.139 e. The number of aryl methyl sites for hydroxylation is 1. The van der Waals surface area contributed by atoms with E-state index in [2.05, 4.69) is 28.9 Å². The van der Waals surface area contributed by atoms with E-state index < -0.39 is 0 Å². The molecule has 1 aliphatic heterocycles. The third-order valence-electron chi connectivity index (χ3n) is 4.65. The number of fused-ring (bicyclic) bond motifs is 1. The first kappa shape index (κ1) is 16.0. The highest BCUT2D eigenvalue weighted by Crippen LogP contribution is 2.35. The van der Waals surface area contributed by atoms with Crippen molar-refractivity contribution in [2.24, 2.45) is 0 Å². The summed E-state index contributed by atoms with van der Waals surface area (Å²) < 4.78 is 13.4. The van der Waals surface area contributed by atoms with Crippen LogP contribution in [0.15, 0.2) is 42.6 Å². The molecule has 0 spiro atoms. The highest BCUT2D eigenvalue weighted by Gasteiger charge is 2.20. The van der Waals surface area contributed by atoms with Crippen molar-refractivity contribution >= 4 is 11.5 Å². The van der Waals surface area contributed by atoms with Crippen molar-refractivity contribution in [3.05, 3.63) is 48.2 Å². The molecule has 25 heavy (non-hydrogen) atoms. The Balaban J connectivity index is 1.80. The third-order valence-corrected chi connectivity index (χ3v) is 4.65. The summed E-state index contributed by atoms with van der Waals surface area (Å²) in [6.07, 6.45) is 4.62. The molecule has 1 saturated heterocycles. The van der Waals surface area contributed by atoms with E-state index in [1.807, 2.05) is 30.3 Å². The molecule has 1 aliphatic rings. The monoisotopic (exact) mass is 337 g/mol. The first-order chi connectivity index (χ1) is 12.3. The summed E-state index contributed by atoms with van der Waals surface area (Å²) in [4.78, 5) is 4.86. The Kier molecular flexibility index (Phi) is 4.32. The molecule has 5 nitrogen and oxygen atoms in total. The summed E-state index contributed by atoms with van der Waals surface area (Å²) in [7, 11) is 1.69. The number of pyridine rings is 1. The summed E-state index contributed by atoms with van der Waals surface area (Å²) in [5, 5.41) is 3.58. The van der Waals surface area contributed by atoms with Crippen LogP contribution >= 0.6 is 0 Å². The second kappa shape index (κ2) is 6.76.